The van der Waals surface area contributed by atoms with Crippen LogP contribution < -0.4 is 9.47 Å². The quantitative estimate of drug-likeness (QED) is 0.663. The normalized spacial score (nSPS) is 14.6. The van der Waals surface area contributed by atoms with Crippen LogP contribution in [-0.4, -0.2) is 50.8 Å². The summed E-state index contributed by atoms with van der Waals surface area (Å²) in [6.45, 7) is 1.30. The van der Waals surface area contributed by atoms with Crippen LogP contribution in [0.25, 0.3) is 0 Å². The van der Waals surface area contributed by atoms with Crippen molar-refractivity contribution in [3.05, 3.63) is 60.3 Å². The molecule has 0 spiro atoms. The smallest absolute Gasteiger partial charge is 0.274 e. The Morgan fingerprint density at radius 3 is 2.38 bits per heavy atom. The minimum Gasteiger partial charge on any atom is -0.497 e. The molecule has 1 aromatic carbocycles. The molecule has 3 heterocycles. The van der Waals surface area contributed by atoms with Gasteiger partial charge in [-0.15, -0.1) is 0 Å². The van der Waals surface area contributed by atoms with Gasteiger partial charge in [-0.3, -0.25) is 14.5 Å². The largest absolute Gasteiger partial charge is 0.497 e. The van der Waals surface area contributed by atoms with Crippen LogP contribution in [0, 0.1) is 0 Å². The molecule has 3 aromatic rings. The average molecular weight is 393 g/mol. The van der Waals surface area contributed by atoms with Crippen molar-refractivity contribution >= 4 is 5.91 Å². The Kier molecular flexibility index (Phi) is 5.41. The van der Waals surface area contributed by atoms with Crippen LogP contribution in [0.2, 0.25) is 0 Å². The minimum atomic E-state index is -0.0297. The monoisotopic (exact) mass is 393 g/mol. The molecule has 0 atom stereocenters. The lowest BCUT2D eigenvalue weighted by Gasteiger charge is -2.31. The lowest BCUT2D eigenvalue weighted by molar-refractivity contribution is 0.0705. The predicted molar refractivity (Wildman–Crippen MR) is 106 cm³/mol. The van der Waals surface area contributed by atoms with Gasteiger partial charge in [0.1, 0.15) is 22.9 Å². The van der Waals surface area contributed by atoms with Crippen molar-refractivity contribution in [2.75, 3.05) is 20.2 Å². The number of hydrogen-bond donors (Lipinski definition) is 0. The van der Waals surface area contributed by atoms with Crippen molar-refractivity contribution in [3.8, 4) is 17.4 Å². The Bertz CT molecular complexity index is 978. The molecule has 150 valence electrons. The Morgan fingerprint density at radius 2 is 1.72 bits per heavy atom. The van der Waals surface area contributed by atoms with E-state index in [9.17, 15) is 4.79 Å². The lowest BCUT2D eigenvalue weighted by Crippen LogP contribution is -2.38. The third-order valence-electron chi connectivity index (χ3n) is 5.07. The first kappa shape index (κ1) is 18.9. The summed E-state index contributed by atoms with van der Waals surface area (Å²) in [7, 11) is 3.43. The fraction of sp³-hybridized carbons (Fsp3) is 0.333. The van der Waals surface area contributed by atoms with Crippen molar-refractivity contribution < 1.29 is 14.3 Å². The van der Waals surface area contributed by atoms with Gasteiger partial charge in [0.25, 0.3) is 5.91 Å². The first-order valence-corrected chi connectivity index (χ1v) is 9.56. The number of amides is 1. The fourth-order valence-electron chi connectivity index (χ4n) is 3.50. The van der Waals surface area contributed by atoms with Crippen LogP contribution in [0.15, 0.2) is 48.9 Å². The van der Waals surface area contributed by atoms with Gasteiger partial charge in [0.15, 0.2) is 0 Å². The summed E-state index contributed by atoms with van der Waals surface area (Å²) in [5.74, 6) is 2.10. The van der Waals surface area contributed by atoms with Crippen LogP contribution in [0.3, 0.4) is 0 Å². The van der Waals surface area contributed by atoms with Crippen molar-refractivity contribution in [1.82, 2.24) is 24.6 Å². The number of carbonyl (C=O) groups excluding carboxylic acids is 1. The molecule has 1 aliphatic rings. The third-order valence-corrected chi connectivity index (χ3v) is 5.07. The number of methoxy groups -OCH3 is 1. The van der Waals surface area contributed by atoms with Gasteiger partial charge in [-0.1, -0.05) is 0 Å². The molecule has 0 N–H and O–H groups in total. The van der Waals surface area contributed by atoms with Crippen LogP contribution in [0.5, 0.6) is 17.4 Å². The molecule has 29 heavy (non-hydrogen) atoms. The molecular formula is C21H23N5O3. The zero-order valence-electron chi connectivity index (χ0n) is 16.5. The molecule has 0 bridgehead atoms. The maximum Gasteiger partial charge on any atom is 0.274 e. The number of likely N-dealkylation sites (tertiary alicyclic amines) is 1. The van der Waals surface area contributed by atoms with E-state index in [4.69, 9.17) is 9.47 Å². The Balaban J connectivity index is 1.44. The van der Waals surface area contributed by atoms with Gasteiger partial charge in [0, 0.05) is 44.6 Å². The van der Waals surface area contributed by atoms with Gasteiger partial charge >= 0.3 is 0 Å². The molecule has 0 aliphatic carbocycles. The van der Waals surface area contributed by atoms with Crippen LogP contribution in [-0.2, 0) is 7.05 Å². The summed E-state index contributed by atoms with van der Waals surface area (Å²) in [5.41, 5.74) is 1.31. The van der Waals surface area contributed by atoms with E-state index in [2.05, 4.69) is 15.1 Å². The van der Waals surface area contributed by atoms with E-state index < -0.39 is 0 Å². The number of hydrogen-bond acceptors (Lipinski definition) is 6. The Labute approximate surface area is 169 Å². The maximum absolute atomic E-state index is 12.6. The molecule has 1 fully saturated rings. The fourth-order valence-corrected chi connectivity index (χ4v) is 3.50. The number of carbonyl (C=O) groups is 1. The summed E-state index contributed by atoms with van der Waals surface area (Å²) in [5, 5.41) is 4.21. The number of nitrogens with zero attached hydrogens (tertiary/aromatic N) is 5. The second-order valence-corrected chi connectivity index (χ2v) is 6.97. The van der Waals surface area contributed by atoms with Gasteiger partial charge in [0.2, 0.25) is 5.88 Å². The van der Waals surface area contributed by atoms with Crippen molar-refractivity contribution in [3.63, 3.8) is 0 Å². The van der Waals surface area contributed by atoms with Gasteiger partial charge in [0.05, 0.1) is 7.11 Å². The SMILES string of the molecule is COc1ccc(Oc2nccnc2C2CCN(C(=O)c3ccn(C)n3)CC2)cc1. The molecule has 0 unspecified atom stereocenters. The maximum atomic E-state index is 12.6. The van der Waals surface area contributed by atoms with Crippen LogP contribution >= 0.6 is 0 Å². The summed E-state index contributed by atoms with van der Waals surface area (Å²) < 4.78 is 12.8. The molecule has 2 aromatic heterocycles. The highest BCUT2D eigenvalue weighted by Gasteiger charge is 2.28. The van der Waals surface area contributed by atoms with E-state index in [-0.39, 0.29) is 11.8 Å². The first-order chi connectivity index (χ1) is 14.1. The summed E-state index contributed by atoms with van der Waals surface area (Å²) in [6, 6.07) is 9.11. The molecule has 8 heteroatoms. The number of rotatable bonds is 5. The first-order valence-electron chi connectivity index (χ1n) is 9.56. The third kappa shape index (κ3) is 4.21. The standard InChI is InChI=1S/C21H23N5O3/c1-25-12-9-18(24-25)21(27)26-13-7-15(8-14-26)19-20(23-11-10-22-19)29-17-5-3-16(28-2)4-6-17/h3-6,9-12,15H,7-8,13-14H2,1-2H3. The Morgan fingerprint density at radius 1 is 1.03 bits per heavy atom. The number of benzene rings is 1. The second-order valence-electron chi connectivity index (χ2n) is 6.97. The lowest BCUT2D eigenvalue weighted by atomic mass is 9.93. The topological polar surface area (TPSA) is 82.4 Å². The van der Waals surface area contributed by atoms with E-state index in [1.165, 1.54) is 0 Å². The second kappa shape index (κ2) is 8.30. The highest BCUT2D eigenvalue weighted by atomic mass is 16.5. The number of ether oxygens (including phenoxy) is 2. The molecule has 1 amide bonds. The van der Waals surface area contributed by atoms with E-state index in [0.29, 0.717) is 30.4 Å². The zero-order valence-corrected chi connectivity index (χ0v) is 16.5. The number of piperidine rings is 1. The summed E-state index contributed by atoms with van der Waals surface area (Å²) in [4.78, 5) is 23.4. The van der Waals surface area contributed by atoms with E-state index in [0.717, 1.165) is 24.3 Å². The highest BCUT2D eigenvalue weighted by Crippen LogP contribution is 2.34. The molecule has 8 nitrogen and oxygen atoms in total. The summed E-state index contributed by atoms with van der Waals surface area (Å²) >= 11 is 0. The van der Waals surface area contributed by atoms with Crippen molar-refractivity contribution in [1.29, 1.82) is 0 Å². The Hall–Kier alpha value is -3.42. The predicted octanol–water partition coefficient (Wildman–Crippen LogP) is 3.03. The highest BCUT2D eigenvalue weighted by molar-refractivity contribution is 5.92. The molecule has 4 rings (SSSR count). The minimum absolute atomic E-state index is 0.0297. The van der Waals surface area contributed by atoms with Crippen molar-refractivity contribution in [2.24, 2.45) is 7.05 Å². The number of aromatic nitrogens is 4. The van der Waals surface area contributed by atoms with E-state index in [1.54, 1.807) is 43.5 Å². The zero-order chi connectivity index (χ0) is 20.2. The van der Waals surface area contributed by atoms with E-state index in [1.807, 2.05) is 29.2 Å². The molecule has 1 saturated heterocycles. The van der Waals surface area contributed by atoms with Gasteiger partial charge < -0.3 is 14.4 Å². The van der Waals surface area contributed by atoms with E-state index >= 15 is 0 Å². The van der Waals surface area contributed by atoms with Crippen molar-refractivity contribution in [2.45, 2.75) is 18.8 Å². The molecule has 1 aliphatic heterocycles. The van der Waals surface area contributed by atoms with Gasteiger partial charge in [-0.2, -0.15) is 5.10 Å². The molecule has 0 radical (unpaired) electrons. The summed E-state index contributed by atoms with van der Waals surface area (Å²) in [6.07, 6.45) is 6.69. The molecular weight excluding hydrogens is 370 g/mol. The van der Waals surface area contributed by atoms with Crippen LogP contribution in [0.1, 0.15) is 34.9 Å². The van der Waals surface area contributed by atoms with Gasteiger partial charge in [-0.25, -0.2) is 4.98 Å². The molecule has 0 saturated carbocycles. The average Bonchev–Trinajstić information content (AvgIpc) is 3.21. The number of aryl methyl sites for hydroxylation is 1. The van der Waals surface area contributed by atoms with Gasteiger partial charge in [-0.05, 0) is 43.2 Å². The van der Waals surface area contributed by atoms with Crippen LogP contribution in [0.4, 0.5) is 0 Å².